The number of rotatable bonds is 6. The summed E-state index contributed by atoms with van der Waals surface area (Å²) in [6.45, 7) is 5.13. The molecule has 7 heteroatoms. The number of nitrogens with zero attached hydrogens (tertiary/aromatic N) is 1. The number of aryl methyl sites for hydroxylation is 2. The highest BCUT2D eigenvalue weighted by atomic mass is 32.1. The number of carboxylic acid groups (broad SMARTS) is 1. The average molecular weight is 326 g/mol. The van der Waals surface area contributed by atoms with Crippen molar-refractivity contribution in [1.29, 1.82) is 0 Å². The zero-order valence-corrected chi connectivity index (χ0v) is 13.7. The molecule has 22 heavy (non-hydrogen) atoms. The lowest BCUT2D eigenvalue weighted by molar-refractivity contribution is -0.144. The van der Waals surface area contributed by atoms with Gasteiger partial charge in [0.05, 0.1) is 16.6 Å². The minimum atomic E-state index is -0.859. The van der Waals surface area contributed by atoms with Crippen LogP contribution in [-0.4, -0.2) is 41.7 Å². The molecule has 0 bridgehead atoms. The van der Waals surface area contributed by atoms with Crippen LogP contribution in [0.4, 0.5) is 0 Å². The van der Waals surface area contributed by atoms with Crippen molar-refractivity contribution in [3.8, 4) is 0 Å². The Morgan fingerprint density at radius 2 is 2.14 bits per heavy atom. The van der Waals surface area contributed by atoms with Gasteiger partial charge in [-0.05, 0) is 32.1 Å². The molecule has 0 saturated carbocycles. The normalized spacial score (nSPS) is 17.2. The van der Waals surface area contributed by atoms with Crippen LogP contribution < -0.4 is 5.32 Å². The minimum absolute atomic E-state index is 0.0558. The van der Waals surface area contributed by atoms with E-state index in [9.17, 15) is 14.7 Å². The van der Waals surface area contributed by atoms with Crippen LogP contribution in [0.3, 0.4) is 0 Å². The Bertz CT molecular complexity index is 538. The lowest BCUT2D eigenvalue weighted by atomic mass is 9.86. The van der Waals surface area contributed by atoms with Crippen molar-refractivity contribution in [2.24, 2.45) is 11.8 Å². The SMILES string of the molecule is CCc1nc(C)c(C(=O)NCC(C(=O)O)C2CCOCC2)s1. The Balaban J connectivity index is 1.97. The number of carboxylic acids is 1. The van der Waals surface area contributed by atoms with Crippen molar-refractivity contribution in [1.82, 2.24) is 10.3 Å². The van der Waals surface area contributed by atoms with Gasteiger partial charge in [0.25, 0.3) is 5.91 Å². The molecule has 1 unspecified atom stereocenters. The average Bonchev–Trinajstić information content (AvgIpc) is 2.89. The Labute approximate surface area is 133 Å². The van der Waals surface area contributed by atoms with E-state index in [2.05, 4.69) is 10.3 Å². The molecule has 2 heterocycles. The maximum Gasteiger partial charge on any atom is 0.308 e. The molecule has 2 N–H and O–H groups in total. The molecule has 122 valence electrons. The predicted octanol–water partition coefficient (Wildman–Crippen LogP) is 1.87. The zero-order chi connectivity index (χ0) is 16.1. The third-order valence-corrected chi connectivity index (χ3v) is 5.28. The third kappa shape index (κ3) is 4.04. The van der Waals surface area contributed by atoms with Crippen LogP contribution >= 0.6 is 11.3 Å². The van der Waals surface area contributed by atoms with Crippen molar-refractivity contribution in [3.63, 3.8) is 0 Å². The molecule has 1 aliphatic rings. The predicted molar refractivity (Wildman–Crippen MR) is 83.2 cm³/mol. The van der Waals surface area contributed by atoms with E-state index in [0.717, 1.165) is 24.3 Å². The van der Waals surface area contributed by atoms with E-state index >= 15 is 0 Å². The second-order valence-corrected chi connectivity index (χ2v) is 6.56. The van der Waals surface area contributed by atoms with E-state index in [1.54, 1.807) is 6.92 Å². The number of ether oxygens (including phenoxy) is 1. The second kappa shape index (κ2) is 7.69. The molecule has 2 rings (SSSR count). The number of aromatic nitrogens is 1. The Kier molecular flexibility index (Phi) is 5.90. The number of nitrogens with one attached hydrogen (secondary N) is 1. The number of thiazole rings is 1. The molecule has 1 aliphatic heterocycles. The second-order valence-electron chi connectivity index (χ2n) is 5.48. The molecule has 0 aromatic carbocycles. The number of amides is 1. The van der Waals surface area contributed by atoms with Crippen LogP contribution in [0.15, 0.2) is 0 Å². The van der Waals surface area contributed by atoms with Gasteiger partial charge in [-0.1, -0.05) is 6.92 Å². The van der Waals surface area contributed by atoms with Gasteiger partial charge < -0.3 is 15.2 Å². The van der Waals surface area contributed by atoms with Gasteiger partial charge in [0.1, 0.15) is 4.88 Å². The number of carbonyl (C=O) groups is 2. The van der Waals surface area contributed by atoms with E-state index < -0.39 is 11.9 Å². The Morgan fingerprint density at radius 1 is 1.45 bits per heavy atom. The quantitative estimate of drug-likeness (QED) is 0.833. The molecule has 6 nitrogen and oxygen atoms in total. The summed E-state index contributed by atoms with van der Waals surface area (Å²) in [5, 5.41) is 13.1. The van der Waals surface area contributed by atoms with Crippen molar-refractivity contribution in [3.05, 3.63) is 15.6 Å². The summed E-state index contributed by atoms with van der Waals surface area (Å²) >= 11 is 1.37. The molecule has 0 aliphatic carbocycles. The molecule has 1 aromatic rings. The summed E-state index contributed by atoms with van der Waals surface area (Å²) in [5.41, 5.74) is 0.706. The monoisotopic (exact) mass is 326 g/mol. The standard InChI is InChI=1S/C15H22N2O4S/c1-3-12-17-9(2)13(22-12)14(18)16-8-11(15(19)20)10-4-6-21-7-5-10/h10-11H,3-8H2,1-2H3,(H,16,18)(H,19,20). The maximum atomic E-state index is 12.2. The van der Waals surface area contributed by atoms with Crippen molar-refractivity contribution in [2.75, 3.05) is 19.8 Å². The fourth-order valence-electron chi connectivity index (χ4n) is 2.67. The van der Waals surface area contributed by atoms with Gasteiger partial charge >= 0.3 is 5.97 Å². The summed E-state index contributed by atoms with van der Waals surface area (Å²) in [7, 11) is 0. The molecule has 1 fully saturated rings. The first-order valence-corrected chi connectivity index (χ1v) is 8.39. The van der Waals surface area contributed by atoms with E-state index in [0.29, 0.717) is 23.8 Å². The Hall–Kier alpha value is -1.47. The number of carbonyl (C=O) groups excluding carboxylic acids is 1. The molecular formula is C15H22N2O4S. The minimum Gasteiger partial charge on any atom is -0.481 e. The van der Waals surface area contributed by atoms with Gasteiger partial charge in [0.2, 0.25) is 0 Å². The number of aliphatic carboxylic acids is 1. The molecule has 1 atom stereocenters. The first kappa shape index (κ1) is 16.9. The van der Waals surface area contributed by atoms with Crippen LogP contribution in [0, 0.1) is 18.8 Å². The van der Waals surface area contributed by atoms with Crippen molar-refractivity contribution >= 4 is 23.2 Å². The van der Waals surface area contributed by atoms with Crippen LogP contribution in [0.2, 0.25) is 0 Å². The molecule has 1 aromatic heterocycles. The number of hydrogen-bond acceptors (Lipinski definition) is 5. The fourth-order valence-corrected chi connectivity index (χ4v) is 3.59. The summed E-state index contributed by atoms with van der Waals surface area (Å²) in [5.74, 6) is -1.59. The Morgan fingerprint density at radius 3 is 2.68 bits per heavy atom. The lowest BCUT2D eigenvalue weighted by Gasteiger charge is -2.27. The zero-order valence-electron chi connectivity index (χ0n) is 12.9. The van der Waals surface area contributed by atoms with Crippen LogP contribution in [-0.2, 0) is 16.0 Å². The van der Waals surface area contributed by atoms with Crippen LogP contribution in [0.5, 0.6) is 0 Å². The number of hydrogen-bond donors (Lipinski definition) is 2. The molecule has 1 saturated heterocycles. The summed E-state index contributed by atoms with van der Waals surface area (Å²) < 4.78 is 5.27. The van der Waals surface area contributed by atoms with Gasteiger partial charge in [0, 0.05) is 19.8 Å². The highest BCUT2D eigenvalue weighted by molar-refractivity contribution is 7.13. The van der Waals surface area contributed by atoms with Gasteiger partial charge in [-0.15, -0.1) is 11.3 Å². The fraction of sp³-hybridized carbons (Fsp3) is 0.667. The molecule has 0 spiro atoms. The summed E-state index contributed by atoms with van der Waals surface area (Å²) in [4.78, 5) is 28.6. The van der Waals surface area contributed by atoms with Crippen LogP contribution in [0.25, 0.3) is 0 Å². The highest BCUT2D eigenvalue weighted by Crippen LogP contribution is 2.24. The van der Waals surface area contributed by atoms with Gasteiger partial charge in [-0.3, -0.25) is 9.59 Å². The van der Waals surface area contributed by atoms with E-state index in [-0.39, 0.29) is 18.4 Å². The van der Waals surface area contributed by atoms with Crippen molar-refractivity contribution in [2.45, 2.75) is 33.1 Å². The molecule has 1 amide bonds. The van der Waals surface area contributed by atoms with Gasteiger partial charge in [-0.2, -0.15) is 0 Å². The first-order chi connectivity index (χ1) is 10.5. The van der Waals surface area contributed by atoms with E-state index in [4.69, 9.17) is 4.74 Å². The van der Waals surface area contributed by atoms with Crippen molar-refractivity contribution < 1.29 is 19.4 Å². The van der Waals surface area contributed by atoms with E-state index in [1.807, 2.05) is 6.92 Å². The molecular weight excluding hydrogens is 304 g/mol. The topological polar surface area (TPSA) is 88.5 Å². The van der Waals surface area contributed by atoms with E-state index in [1.165, 1.54) is 11.3 Å². The third-order valence-electron chi connectivity index (χ3n) is 3.98. The first-order valence-electron chi connectivity index (χ1n) is 7.58. The highest BCUT2D eigenvalue weighted by Gasteiger charge is 2.30. The smallest absolute Gasteiger partial charge is 0.308 e. The van der Waals surface area contributed by atoms with Gasteiger partial charge in [-0.25, -0.2) is 4.98 Å². The maximum absolute atomic E-state index is 12.2. The summed E-state index contributed by atoms with van der Waals surface area (Å²) in [6.07, 6.45) is 2.25. The lowest BCUT2D eigenvalue weighted by Crippen LogP contribution is -2.38. The van der Waals surface area contributed by atoms with Crippen LogP contribution in [0.1, 0.15) is 40.1 Å². The van der Waals surface area contributed by atoms with Gasteiger partial charge in [0.15, 0.2) is 0 Å². The molecule has 0 radical (unpaired) electrons. The largest absolute Gasteiger partial charge is 0.481 e. The summed E-state index contributed by atoms with van der Waals surface area (Å²) in [6, 6.07) is 0.